The predicted molar refractivity (Wildman–Crippen MR) is 110 cm³/mol. The third-order valence-corrected chi connectivity index (χ3v) is 5.33. The Morgan fingerprint density at radius 3 is 2.32 bits per heavy atom. The molecule has 0 aromatic heterocycles. The van der Waals surface area contributed by atoms with Gasteiger partial charge in [-0.05, 0) is 36.4 Å². The van der Waals surface area contributed by atoms with Gasteiger partial charge in [-0.3, -0.25) is 9.59 Å². The van der Waals surface area contributed by atoms with Gasteiger partial charge in [0.2, 0.25) is 5.96 Å². The minimum atomic E-state index is -0.606. The van der Waals surface area contributed by atoms with E-state index < -0.39 is 6.04 Å². The maximum absolute atomic E-state index is 12.4. The fraction of sp³-hybridized carbons (Fsp3) is 0.286. The van der Waals surface area contributed by atoms with Crippen molar-refractivity contribution in [1.82, 2.24) is 10.2 Å². The van der Waals surface area contributed by atoms with Crippen molar-refractivity contribution in [2.24, 2.45) is 4.99 Å². The van der Waals surface area contributed by atoms with Crippen molar-refractivity contribution in [3.05, 3.63) is 65.2 Å². The van der Waals surface area contributed by atoms with E-state index in [0.29, 0.717) is 16.5 Å². The summed E-state index contributed by atoms with van der Waals surface area (Å²) in [7, 11) is 0. The first-order chi connectivity index (χ1) is 13.6. The summed E-state index contributed by atoms with van der Waals surface area (Å²) in [6.45, 7) is 3.25. The molecule has 1 amide bonds. The fourth-order valence-corrected chi connectivity index (χ4v) is 3.61. The van der Waals surface area contributed by atoms with Gasteiger partial charge in [0.05, 0.1) is 0 Å². The van der Waals surface area contributed by atoms with E-state index in [1.54, 1.807) is 24.3 Å². The van der Waals surface area contributed by atoms with Crippen LogP contribution in [0.5, 0.6) is 0 Å². The van der Waals surface area contributed by atoms with Gasteiger partial charge < -0.3 is 15.1 Å². The van der Waals surface area contributed by atoms with Gasteiger partial charge >= 0.3 is 0 Å². The number of anilines is 1. The standard InChI is InChI=1S/C21H21ClN4O2/c22-16-8-6-15(7-9-16)19(27)14-18-20(28)24-21(23-18)26-12-10-25(11-13-26)17-4-2-1-3-5-17/h1-9,18H,10-14H2,(H,23,24,28). The highest BCUT2D eigenvalue weighted by molar-refractivity contribution is 6.30. The minimum absolute atomic E-state index is 0.0808. The highest BCUT2D eigenvalue weighted by atomic mass is 35.5. The molecule has 2 aliphatic rings. The lowest BCUT2D eigenvalue weighted by Crippen LogP contribution is -2.52. The maximum atomic E-state index is 12.4. The van der Waals surface area contributed by atoms with Crippen molar-refractivity contribution in [1.29, 1.82) is 0 Å². The Kier molecular flexibility index (Phi) is 5.30. The molecule has 1 unspecified atom stereocenters. The van der Waals surface area contributed by atoms with Gasteiger partial charge in [-0.15, -0.1) is 0 Å². The number of para-hydroxylation sites is 1. The molecule has 144 valence electrons. The SMILES string of the molecule is O=C(CC1NC(N2CCN(c3ccccc3)CC2)=NC1=O)c1ccc(Cl)cc1. The molecule has 2 aromatic rings. The number of hydrogen-bond donors (Lipinski definition) is 1. The van der Waals surface area contributed by atoms with Gasteiger partial charge in [0.1, 0.15) is 6.04 Å². The number of halogens is 1. The third-order valence-electron chi connectivity index (χ3n) is 5.07. The maximum Gasteiger partial charge on any atom is 0.271 e. The molecular formula is C21H21ClN4O2. The topological polar surface area (TPSA) is 65.0 Å². The molecule has 6 nitrogen and oxygen atoms in total. The van der Waals surface area contributed by atoms with Crippen molar-refractivity contribution in [3.8, 4) is 0 Å². The Labute approximate surface area is 168 Å². The second-order valence-corrected chi connectivity index (χ2v) is 7.35. The predicted octanol–water partition coefficient (Wildman–Crippen LogP) is 2.59. The summed E-state index contributed by atoms with van der Waals surface area (Å²) >= 11 is 5.86. The van der Waals surface area contributed by atoms with E-state index in [1.165, 1.54) is 5.69 Å². The van der Waals surface area contributed by atoms with Crippen LogP contribution in [0.4, 0.5) is 5.69 Å². The molecule has 0 spiro atoms. The number of nitrogens with zero attached hydrogens (tertiary/aromatic N) is 3. The zero-order chi connectivity index (χ0) is 19.5. The number of amides is 1. The van der Waals surface area contributed by atoms with E-state index in [9.17, 15) is 9.59 Å². The van der Waals surface area contributed by atoms with Gasteiger partial charge in [-0.1, -0.05) is 29.8 Å². The lowest BCUT2D eigenvalue weighted by molar-refractivity contribution is -0.118. The molecule has 1 fully saturated rings. The number of guanidine groups is 1. The normalized spacial score (nSPS) is 19.4. The highest BCUT2D eigenvalue weighted by Crippen LogP contribution is 2.18. The van der Waals surface area contributed by atoms with E-state index >= 15 is 0 Å². The molecule has 28 heavy (non-hydrogen) atoms. The van der Waals surface area contributed by atoms with Crippen LogP contribution in [0.15, 0.2) is 59.6 Å². The average molecular weight is 397 g/mol. The first kappa shape index (κ1) is 18.5. The monoisotopic (exact) mass is 396 g/mol. The van der Waals surface area contributed by atoms with Crippen LogP contribution < -0.4 is 10.2 Å². The number of piperazine rings is 1. The molecule has 7 heteroatoms. The molecule has 2 aliphatic heterocycles. The molecule has 1 N–H and O–H groups in total. The number of ketones is 1. The lowest BCUT2D eigenvalue weighted by Gasteiger charge is -2.37. The van der Waals surface area contributed by atoms with Gasteiger partial charge in [0.15, 0.2) is 5.78 Å². The Morgan fingerprint density at radius 1 is 1.00 bits per heavy atom. The summed E-state index contributed by atoms with van der Waals surface area (Å²) in [5.41, 5.74) is 1.75. The number of Topliss-reactive ketones (excluding diaryl/α,β-unsaturated/α-hetero) is 1. The molecule has 0 bridgehead atoms. The van der Waals surface area contributed by atoms with Gasteiger partial charge in [0, 0.05) is 48.9 Å². The highest BCUT2D eigenvalue weighted by Gasteiger charge is 2.32. The second-order valence-electron chi connectivity index (χ2n) is 6.91. The molecular weight excluding hydrogens is 376 g/mol. The number of carbonyl (C=O) groups excluding carboxylic acids is 2. The van der Waals surface area contributed by atoms with E-state index in [2.05, 4.69) is 32.2 Å². The van der Waals surface area contributed by atoms with Crippen LogP contribution in [-0.2, 0) is 4.79 Å². The molecule has 2 aromatic carbocycles. The Bertz CT molecular complexity index is 890. The summed E-state index contributed by atoms with van der Waals surface area (Å²) in [6.07, 6.45) is 0.0808. The van der Waals surface area contributed by atoms with Crippen LogP contribution in [0.25, 0.3) is 0 Å². The van der Waals surface area contributed by atoms with Crippen molar-refractivity contribution >= 4 is 34.9 Å². The summed E-state index contributed by atoms with van der Waals surface area (Å²) in [4.78, 5) is 33.2. The minimum Gasteiger partial charge on any atom is -0.368 e. The van der Waals surface area contributed by atoms with Gasteiger partial charge in [0.25, 0.3) is 5.91 Å². The first-order valence-corrected chi connectivity index (χ1v) is 9.71. The summed E-state index contributed by atoms with van der Waals surface area (Å²) < 4.78 is 0. The van der Waals surface area contributed by atoms with Crippen LogP contribution >= 0.6 is 11.6 Å². The van der Waals surface area contributed by atoms with E-state index in [-0.39, 0.29) is 18.1 Å². The van der Waals surface area contributed by atoms with Crippen molar-refractivity contribution in [2.75, 3.05) is 31.1 Å². The summed E-state index contributed by atoms with van der Waals surface area (Å²) in [5, 5.41) is 3.71. The molecule has 1 atom stereocenters. The summed E-state index contributed by atoms with van der Waals surface area (Å²) in [5.74, 6) is 0.183. The van der Waals surface area contributed by atoms with Crippen LogP contribution in [0.1, 0.15) is 16.8 Å². The van der Waals surface area contributed by atoms with Crippen LogP contribution in [0.3, 0.4) is 0 Å². The van der Waals surface area contributed by atoms with Crippen molar-refractivity contribution in [2.45, 2.75) is 12.5 Å². The fourth-order valence-electron chi connectivity index (χ4n) is 3.49. The molecule has 0 saturated carbocycles. The Hall–Kier alpha value is -2.86. The van der Waals surface area contributed by atoms with Crippen molar-refractivity contribution in [3.63, 3.8) is 0 Å². The third kappa shape index (κ3) is 4.02. The molecule has 2 heterocycles. The smallest absolute Gasteiger partial charge is 0.271 e. The van der Waals surface area contributed by atoms with Gasteiger partial charge in [-0.2, -0.15) is 4.99 Å². The lowest BCUT2D eigenvalue weighted by atomic mass is 10.0. The van der Waals surface area contributed by atoms with E-state index in [0.717, 1.165) is 26.2 Å². The number of carbonyl (C=O) groups is 2. The number of nitrogens with one attached hydrogen (secondary N) is 1. The molecule has 4 rings (SSSR count). The first-order valence-electron chi connectivity index (χ1n) is 9.33. The van der Waals surface area contributed by atoms with Gasteiger partial charge in [-0.25, -0.2) is 0 Å². The number of rotatable bonds is 4. The van der Waals surface area contributed by atoms with Crippen LogP contribution in [-0.4, -0.2) is 54.8 Å². The van der Waals surface area contributed by atoms with Crippen molar-refractivity contribution < 1.29 is 9.59 Å². The number of aliphatic imine (C=N–C) groups is 1. The Balaban J connectivity index is 1.33. The number of benzene rings is 2. The van der Waals surface area contributed by atoms with E-state index in [4.69, 9.17) is 11.6 Å². The molecule has 0 radical (unpaired) electrons. The quantitative estimate of drug-likeness (QED) is 0.805. The Morgan fingerprint density at radius 2 is 1.64 bits per heavy atom. The second kappa shape index (κ2) is 8.02. The molecule has 0 aliphatic carbocycles. The largest absolute Gasteiger partial charge is 0.368 e. The molecule has 1 saturated heterocycles. The zero-order valence-electron chi connectivity index (χ0n) is 15.3. The van der Waals surface area contributed by atoms with E-state index in [1.807, 2.05) is 18.2 Å². The number of hydrogen-bond acceptors (Lipinski definition) is 5. The van der Waals surface area contributed by atoms with Crippen LogP contribution in [0.2, 0.25) is 5.02 Å². The zero-order valence-corrected chi connectivity index (χ0v) is 16.1. The van der Waals surface area contributed by atoms with Crippen LogP contribution in [0, 0.1) is 0 Å². The summed E-state index contributed by atoms with van der Waals surface area (Å²) in [6, 6.07) is 16.4. The average Bonchev–Trinajstić information content (AvgIpc) is 3.09.